The Labute approximate surface area is 125 Å². The van der Waals surface area contributed by atoms with Crippen LogP contribution in [0.4, 0.5) is 5.69 Å². The molecule has 3 aromatic rings. The van der Waals surface area contributed by atoms with Gasteiger partial charge in [0.1, 0.15) is 5.75 Å². The minimum absolute atomic E-state index is 0.229. The van der Waals surface area contributed by atoms with Crippen molar-refractivity contribution in [3.05, 3.63) is 53.2 Å². The zero-order valence-electron chi connectivity index (χ0n) is 11.2. The number of H-pyrrole nitrogens is 1. The number of aromatic amines is 1. The van der Waals surface area contributed by atoms with Gasteiger partial charge < -0.3 is 10.1 Å². The smallest absolute Gasteiger partial charge is 0.255 e. The number of aromatic nitrogens is 2. The highest BCUT2D eigenvalue weighted by Gasteiger charge is 2.11. The highest BCUT2D eigenvalue weighted by Crippen LogP contribution is 2.29. The molecule has 1 aromatic heterocycles. The molecule has 2 aromatic carbocycles. The van der Waals surface area contributed by atoms with Gasteiger partial charge in [-0.3, -0.25) is 9.89 Å². The largest absolute Gasteiger partial charge is 0.494 e. The summed E-state index contributed by atoms with van der Waals surface area (Å²) in [5, 5.41) is 11.1. The number of nitrogens with one attached hydrogen (secondary N) is 2. The summed E-state index contributed by atoms with van der Waals surface area (Å²) in [6.45, 7) is 0. The fraction of sp³-hybridized carbons (Fsp3) is 0.0667. The second-order valence-corrected chi connectivity index (χ2v) is 4.91. The summed E-state index contributed by atoms with van der Waals surface area (Å²) in [7, 11) is 1.55. The Morgan fingerprint density at radius 2 is 2.05 bits per heavy atom. The molecule has 0 saturated carbocycles. The molecule has 1 heterocycles. The molecular weight excluding hydrogens is 290 g/mol. The first-order chi connectivity index (χ1) is 10.2. The Hall–Kier alpha value is -2.53. The van der Waals surface area contributed by atoms with E-state index in [-0.39, 0.29) is 5.91 Å². The zero-order valence-corrected chi connectivity index (χ0v) is 11.9. The van der Waals surface area contributed by atoms with Gasteiger partial charge in [-0.15, -0.1) is 0 Å². The average Bonchev–Trinajstić information content (AvgIpc) is 2.94. The van der Waals surface area contributed by atoms with Crippen molar-refractivity contribution in [1.29, 1.82) is 0 Å². The molecule has 3 rings (SSSR count). The lowest BCUT2D eigenvalue weighted by Crippen LogP contribution is -2.12. The van der Waals surface area contributed by atoms with E-state index in [4.69, 9.17) is 16.3 Å². The molecule has 2 N–H and O–H groups in total. The van der Waals surface area contributed by atoms with Crippen LogP contribution >= 0.6 is 11.6 Å². The van der Waals surface area contributed by atoms with Crippen molar-refractivity contribution >= 4 is 34.1 Å². The summed E-state index contributed by atoms with van der Waals surface area (Å²) < 4.78 is 5.30. The maximum absolute atomic E-state index is 12.2. The van der Waals surface area contributed by atoms with E-state index < -0.39 is 0 Å². The minimum atomic E-state index is -0.229. The Bertz CT molecular complexity index is 796. The maximum atomic E-state index is 12.2. The molecule has 0 unspecified atom stereocenters. The summed E-state index contributed by atoms with van der Waals surface area (Å²) in [4.78, 5) is 12.2. The van der Waals surface area contributed by atoms with Gasteiger partial charge in [-0.1, -0.05) is 11.6 Å². The number of anilines is 1. The van der Waals surface area contributed by atoms with E-state index >= 15 is 0 Å². The van der Waals surface area contributed by atoms with Crippen LogP contribution in [0, 0.1) is 0 Å². The molecular formula is C15H12ClN3O2. The third-order valence-corrected chi connectivity index (χ3v) is 3.37. The average molecular weight is 302 g/mol. The minimum Gasteiger partial charge on any atom is -0.494 e. The van der Waals surface area contributed by atoms with Crippen LogP contribution in [0.1, 0.15) is 10.4 Å². The molecule has 0 bridgehead atoms. The molecule has 106 valence electrons. The number of carbonyl (C=O) groups is 1. The van der Waals surface area contributed by atoms with Crippen LogP contribution in [0.5, 0.6) is 5.75 Å². The van der Waals surface area contributed by atoms with Crippen LogP contribution in [-0.2, 0) is 0 Å². The van der Waals surface area contributed by atoms with Crippen LogP contribution < -0.4 is 10.1 Å². The highest BCUT2D eigenvalue weighted by molar-refractivity contribution is 6.30. The van der Waals surface area contributed by atoms with Crippen molar-refractivity contribution in [1.82, 2.24) is 10.2 Å². The van der Waals surface area contributed by atoms with E-state index in [9.17, 15) is 4.79 Å². The molecule has 0 atom stereocenters. The number of carbonyl (C=O) groups excluding carboxylic acids is 1. The molecule has 6 heteroatoms. The summed E-state index contributed by atoms with van der Waals surface area (Å²) in [5.74, 6) is 0.335. The number of ether oxygens (including phenoxy) is 1. The van der Waals surface area contributed by atoms with Crippen LogP contribution in [-0.4, -0.2) is 23.2 Å². The quantitative estimate of drug-likeness (QED) is 0.778. The second-order valence-electron chi connectivity index (χ2n) is 4.47. The molecule has 21 heavy (non-hydrogen) atoms. The molecule has 1 amide bonds. The number of fused-ring (bicyclic) bond motifs is 1. The Kier molecular flexibility index (Phi) is 3.50. The Morgan fingerprint density at radius 3 is 2.76 bits per heavy atom. The number of rotatable bonds is 3. The summed E-state index contributed by atoms with van der Waals surface area (Å²) in [6.07, 6.45) is 1.69. The van der Waals surface area contributed by atoms with E-state index in [2.05, 4.69) is 15.5 Å². The van der Waals surface area contributed by atoms with Crippen LogP contribution in [0.3, 0.4) is 0 Å². The molecule has 0 aliphatic heterocycles. The maximum Gasteiger partial charge on any atom is 0.255 e. The van der Waals surface area contributed by atoms with Crippen molar-refractivity contribution < 1.29 is 9.53 Å². The molecule has 0 aliphatic rings. The lowest BCUT2D eigenvalue weighted by Gasteiger charge is -2.10. The van der Waals surface area contributed by atoms with E-state index in [1.807, 2.05) is 6.07 Å². The second kappa shape index (κ2) is 5.46. The molecule has 5 nitrogen and oxygen atoms in total. The first-order valence-corrected chi connectivity index (χ1v) is 6.63. The number of hydrogen-bond acceptors (Lipinski definition) is 3. The van der Waals surface area contributed by atoms with Gasteiger partial charge in [-0.25, -0.2) is 0 Å². The van der Waals surface area contributed by atoms with Crippen molar-refractivity contribution in [2.45, 2.75) is 0 Å². The summed E-state index contributed by atoms with van der Waals surface area (Å²) >= 11 is 5.81. The van der Waals surface area contributed by atoms with Gasteiger partial charge in [0.15, 0.2) is 0 Å². The first kappa shape index (κ1) is 13.5. The molecule has 0 saturated heterocycles. The topological polar surface area (TPSA) is 67.0 Å². The number of nitrogens with zero attached hydrogens (tertiary/aromatic N) is 1. The third-order valence-electron chi connectivity index (χ3n) is 3.11. The van der Waals surface area contributed by atoms with Gasteiger partial charge in [0.2, 0.25) is 0 Å². The monoisotopic (exact) mass is 301 g/mol. The predicted octanol–water partition coefficient (Wildman–Crippen LogP) is 3.48. The van der Waals surface area contributed by atoms with Gasteiger partial charge in [-0.05, 0) is 30.3 Å². The summed E-state index contributed by atoms with van der Waals surface area (Å²) in [6, 6.07) is 10.3. The van der Waals surface area contributed by atoms with Crippen molar-refractivity contribution in [3.63, 3.8) is 0 Å². The van der Waals surface area contributed by atoms with E-state index in [1.165, 1.54) is 0 Å². The van der Waals surface area contributed by atoms with Crippen molar-refractivity contribution in [3.8, 4) is 5.75 Å². The molecule has 0 radical (unpaired) electrons. The molecule has 0 spiro atoms. The third kappa shape index (κ3) is 2.68. The standard InChI is InChI=1S/C15H12ClN3O2/c1-21-14-7-12-10(8-17-19-12)6-13(14)18-15(20)9-2-4-11(16)5-3-9/h2-8H,1H3,(H,17,19)(H,18,20). The van der Waals surface area contributed by atoms with E-state index in [1.54, 1.807) is 43.6 Å². The first-order valence-electron chi connectivity index (χ1n) is 6.25. The number of benzene rings is 2. The van der Waals surface area contributed by atoms with E-state index in [0.29, 0.717) is 22.0 Å². The SMILES string of the molecule is COc1cc2[nH]ncc2cc1NC(=O)c1ccc(Cl)cc1. The van der Waals surface area contributed by atoms with Crippen molar-refractivity contribution in [2.75, 3.05) is 12.4 Å². The molecule has 0 fully saturated rings. The number of methoxy groups -OCH3 is 1. The Morgan fingerprint density at radius 1 is 1.29 bits per heavy atom. The van der Waals surface area contributed by atoms with E-state index in [0.717, 1.165) is 10.9 Å². The van der Waals surface area contributed by atoms with Crippen LogP contribution in [0.15, 0.2) is 42.6 Å². The summed E-state index contributed by atoms with van der Waals surface area (Å²) in [5.41, 5.74) is 1.96. The van der Waals surface area contributed by atoms with Crippen LogP contribution in [0.25, 0.3) is 10.9 Å². The predicted molar refractivity (Wildman–Crippen MR) is 82.1 cm³/mol. The van der Waals surface area contributed by atoms with Gasteiger partial charge in [-0.2, -0.15) is 5.10 Å². The van der Waals surface area contributed by atoms with Gasteiger partial charge in [0.05, 0.1) is 24.5 Å². The number of halogens is 1. The fourth-order valence-corrected chi connectivity index (χ4v) is 2.16. The van der Waals surface area contributed by atoms with Gasteiger partial charge >= 0.3 is 0 Å². The molecule has 0 aliphatic carbocycles. The highest BCUT2D eigenvalue weighted by atomic mass is 35.5. The van der Waals surface area contributed by atoms with Crippen molar-refractivity contribution in [2.24, 2.45) is 0 Å². The zero-order chi connectivity index (χ0) is 14.8. The van der Waals surface area contributed by atoms with Gasteiger partial charge in [0, 0.05) is 22.0 Å². The number of hydrogen-bond donors (Lipinski definition) is 2. The lowest BCUT2D eigenvalue weighted by molar-refractivity contribution is 0.102. The number of amides is 1. The van der Waals surface area contributed by atoms with Crippen LogP contribution in [0.2, 0.25) is 5.02 Å². The fourth-order valence-electron chi connectivity index (χ4n) is 2.03. The Balaban J connectivity index is 1.92. The lowest BCUT2D eigenvalue weighted by atomic mass is 10.2. The normalized spacial score (nSPS) is 10.6. The van der Waals surface area contributed by atoms with Gasteiger partial charge in [0.25, 0.3) is 5.91 Å².